The number of carbonyl (C=O) groups is 1. The number of halogens is 2. The minimum atomic E-state index is -0.191. The maximum Gasteiger partial charge on any atom is 0.231 e. The summed E-state index contributed by atoms with van der Waals surface area (Å²) in [6.07, 6.45) is 0.195. The summed E-state index contributed by atoms with van der Waals surface area (Å²) in [7, 11) is 0. The van der Waals surface area contributed by atoms with Gasteiger partial charge in [0, 0.05) is 0 Å². The summed E-state index contributed by atoms with van der Waals surface area (Å²) in [4.78, 5) is 16.5. The summed E-state index contributed by atoms with van der Waals surface area (Å²) in [5.41, 5.74) is 1.34. The van der Waals surface area contributed by atoms with Crippen molar-refractivity contribution >= 4 is 56.3 Å². The van der Waals surface area contributed by atoms with Gasteiger partial charge >= 0.3 is 0 Å². The molecule has 0 unspecified atom stereocenters. The fourth-order valence-corrected chi connectivity index (χ4v) is 3.39. The van der Waals surface area contributed by atoms with E-state index in [-0.39, 0.29) is 12.3 Å². The van der Waals surface area contributed by atoms with Gasteiger partial charge in [-0.15, -0.1) is 11.3 Å². The number of hydrogen-bond acceptors (Lipinski definition) is 3. The molecule has 0 bridgehead atoms. The zero-order valence-electron chi connectivity index (χ0n) is 10.8. The number of hydrogen-bond donors (Lipinski definition) is 1. The third kappa shape index (κ3) is 3.18. The number of amides is 1. The Labute approximate surface area is 135 Å². The maximum absolute atomic E-state index is 12.1. The van der Waals surface area contributed by atoms with E-state index in [0.29, 0.717) is 15.7 Å². The lowest BCUT2D eigenvalue weighted by Crippen LogP contribution is -2.14. The molecule has 0 aliphatic rings. The summed E-state index contributed by atoms with van der Waals surface area (Å²) < 4.78 is 1.07. The second kappa shape index (κ2) is 6.02. The average molecular weight is 337 g/mol. The Morgan fingerprint density at radius 2 is 1.81 bits per heavy atom. The van der Waals surface area contributed by atoms with Crippen LogP contribution >= 0.6 is 34.5 Å². The Morgan fingerprint density at radius 1 is 1.10 bits per heavy atom. The minimum absolute atomic E-state index is 0.191. The fourth-order valence-electron chi connectivity index (χ4n) is 1.93. The van der Waals surface area contributed by atoms with Crippen LogP contribution in [0.25, 0.3) is 10.2 Å². The Morgan fingerprint density at radius 3 is 2.52 bits per heavy atom. The molecule has 2 aromatic carbocycles. The molecular formula is C15H10Cl2N2OS. The maximum atomic E-state index is 12.1. The predicted octanol–water partition coefficient (Wildman–Crippen LogP) is 4.78. The lowest BCUT2D eigenvalue weighted by atomic mass is 10.3. The highest BCUT2D eigenvalue weighted by Gasteiger charge is 2.12. The molecule has 0 radical (unpaired) electrons. The lowest BCUT2D eigenvalue weighted by Gasteiger charge is -2.08. The molecule has 106 valence electrons. The molecule has 0 spiro atoms. The van der Waals surface area contributed by atoms with Crippen molar-refractivity contribution < 1.29 is 4.79 Å². The molecule has 1 aromatic heterocycles. The monoisotopic (exact) mass is 336 g/mol. The number of para-hydroxylation sites is 2. The predicted molar refractivity (Wildman–Crippen MR) is 88.4 cm³/mol. The molecule has 21 heavy (non-hydrogen) atoms. The van der Waals surface area contributed by atoms with Gasteiger partial charge < -0.3 is 5.32 Å². The molecular weight excluding hydrogens is 327 g/mol. The van der Waals surface area contributed by atoms with Crippen LogP contribution in [0.4, 0.5) is 5.69 Å². The number of nitrogens with zero attached hydrogens (tertiary/aromatic N) is 1. The van der Waals surface area contributed by atoms with Crippen molar-refractivity contribution in [2.45, 2.75) is 6.42 Å². The number of thiazole rings is 1. The standard InChI is InChI=1S/C15H10Cl2N2OS/c16-9-4-3-5-10(17)15(9)19-13(20)8-14-18-11-6-1-2-7-12(11)21-14/h1-7H,8H2,(H,19,20). The molecule has 1 heterocycles. The van der Waals surface area contributed by atoms with Crippen LogP contribution in [0.1, 0.15) is 5.01 Å². The third-order valence-corrected chi connectivity index (χ3v) is 4.54. The van der Waals surface area contributed by atoms with E-state index in [1.807, 2.05) is 24.3 Å². The van der Waals surface area contributed by atoms with E-state index in [2.05, 4.69) is 10.3 Å². The summed E-state index contributed by atoms with van der Waals surface area (Å²) >= 11 is 13.6. The highest BCUT2D eigenvalue weighted by Crippen LogP contribution is 2.30. The van der Waals surface area contributed by atoms with E-state index in [1.54, 1.807) is 18.2 Å². The van der Waals surface area contributed by atoms with Crippen LogP contribution in [0, 0.1) is 0 Å². The van der Waals surface area contributed by atoms with Gasteiger partial charge in [0.05, 0.1) is 32.4 Å². The van der Waals surface area contributed by atoms with Crippen LogP contribution < -0.4 is 5.32 Å². The largest absolute Gasteiger partial charge is 0.323 e. The van der Waals surface area contributed by atoms with Crippen molar-refractivity contribution in [1.29, 1.82) is 0 Å². The molecule has 0 saturated heterocycles. The van der Waals surface area contributed by atoms with Gasteiger partial charge in [0.1, 0.15) is 5.01 Å². The SMILES string of the molecule is O=C(Cc1nc2ccccc2s1)Nc1c(Cl)cccc1Cl. The number of aromatic nitrogens is 1. The number of carbonyl (C=O) groups excluding carboxylic acids is 1. The molecule has 0 aliphatic heterocycles. The van der Waals surface area contributed by atoms with E-state index in [1.165, 1.54) is 11.3 Å². The van der Waals surface area contributed by atoms with Crippen molar-refractivity contribution in [3.05, 3.63) is 57.5 Å². The molecule has 3 rings (SSSR count). The fraction of sp³-hybridized carbons (Fsp3) is 0.0667. The van der Waals surface area contributed by atoms with E-state index < -0.39 is 0 Å². The highest BCUT2D eigenvalue weighted by atomic mass is 35.5. The van der Waals surface area contributed by atoms with Gasteiger partial charge in [0.15, 0.2) is 0 Å². The summed E-state index contributed by atoms with van der Waals surface area (Å²) in [5, 5.41) is 4.33. The third-order valence-electron chi connectivity index (χ3n) is 2.88. The first kappa shape index (κ1) is 14.3. The molecule has 1 amide bonds. The molecule has 3 nitrogen and oxygen atoms in total. The summed E-state index contributed by atoms with van der Waals surface area (Å²) in [6, 6.07) is 12.9. The quantitative estimate of drug-likeness (QED) is 0.747. The van der Waals surface area contributed by atoms with Gasteiger partial charge in [-0.25, -0.2) is 4.98 Å². The number of rotatable bonds is 3. The molecule has 0 atom stereocenters. The van der Waals surface area contributed by atoms with Crippen molar-refractivity contribution in [3.8, 4) is 0 Å². The lowest BCUT2D eigenvalue weighted by molar-refractivity contribution is -0.115. The Kier molecular flexibility index (Phi) is 4.10. The van der Waals surface area contributed by atoms with E-state index in [4.69, 9.17) is 23.2 Å². The van der Waals surface area contributed by atoms with Gasteiger partial charge in [0.2, 0.25) is 5.91 Å². The Hall–Kier alpha value is -1.62. The van der Waals surface area contributed by atoms with Gasteiger partial charge in [-0.1, -0.05) is 41.4 Å². The smallest absolute Gasteiger partial charge is 0.231 e. The zero-order chi connectivity index (χ0) is 14.8. The molecule has 6 heteroatoms. The van der Waals surface area contributed by atoms with Crippen molar-refractivity contribution in [2.24, 2.45) is 0 Å². The summed E-state index contributed by atoms with van der Waals surface area (Å²) in [5.74, 6) is -0.191. The van der Waals surface area contributed by atoms with Crippen LogP contribution in [0.15, 0.2) is 42.5 Å². The second-order valence-electron chi connectivity index (χ2n) is 4.40. The minimum Gasteiger partial charge on any atom is -0.323 e. The Bertz CT molecular complexity index is 763. The van der Waals surface area contributed by atoms with Crippen LogP contribution in [-0.4, -0.2) is 10.9 Å². The van der Waals surface area contributed by atoms with Gasteiger partial charge in [-0.3, -0.25) is 4.79 Å². The first-order valence-electron chi connectivity index (χ1n) is 6.22. The molecule has 3 aromatic rings. The van der Waals surface area contributed by atoms with Gasteiger partial charge in [-0.2, -0.15) is 0 Å². The highest BCUT2D eigenvalue weighted by molar-refractivity contribution is 7.18. The number of fused-ring (bicyclic) bond motifs is 1. The Balaban J connectivity index is 1.77. The van der Waals surface area contributed by atoms with Crippen molar-refractivity contribution in [1.82, 2.24) is 4.98 Å². The normalized spacial score (nSPS) is 10.8. The van der Waals surface area contributed by atoms with Crippen LogP contribution in [0.3, 0.4) is 0 Å². The first-order valence-corrected chi connectivity index (χ1v) is 7.79. The number of nitrogens with one attached hydrogen (secondary N) is 1. The molecule has 0 saturated carbocycles. The molecule has 1 N–H and O–H groups in total. The van der Waals surface area contributed by atoms with Crippen LogP contribution in [0.2, 0.25) is 10.0 Å². The van der Waals surface area contributed by atoms with Crippen LogP contribution in [0.5, 0.6) is 0 Å². The van der Waals surface area contributed by atoms with E-state index >= 15 is 0 Å². The van der Waals surface area contributed by atoms with E-state index in [0.717, 1.165) is 15.2 Å². The van der Waals surface area contributed by atoms with Gasteiger partial charge in [0.25, 0.3) is 0 Å². The zero-order valence-corrected chi connectivity index (χ0v) is 13.1. The molecule has 0 aliphatic carbocycles. The van der Waals surface area contributed by atoms with E-state index in [9.17, 15) is 4.79 Å². The topological polar surface area (TPSA) is 42.0 Å². The average Bonchev–Trinajstić information content (AvgIpc) is 2.85. The van der Waals surface area contributed by atoms with Crippen molar-refractivity contribution in [2.75, 3.05) is 5.32 Å². The number of anilines is 1. The van der Waals surface area contributed by atoms with Crippen LogP contribution in [-0.2, 0) is 11.2 Å². The second-order valence-corrected chi connectivity index (χ2v) is 6.33. The first-order chi connectivity index (χ1) is 10.1. The van der Waals surface area contributed by atoms with Gasteiger partial charge in [-0.05, 0) is 24.3 Å². The molecule has 0 fully saturated rings. The summed E-state index contributed by atoms with van der Waals surface area (Å²) in [6.45, 7) is 0. The number of benzene rings is 2. The van der Waals surface area contributed by atoms with Crippen molar-refractivity contribution in [3.63, 3.8) is 0 Å².